The number of hydrogen-bond donors (Lipinski definition) is 14. The second kappa shape index (κ2) is 31.2. The highest BCUT2D eigenvalue weighted by atomic mass is 16.4. The third-order valence-electron chi connectivity index (χ3n) is 11.0. The Morgan fingerprint density at radius 1 is 0.648 bits per heavy atom. The number of H-pyrrole nitrogens is 1. The van der Waals surface area contributed by atoms with Crippen LogP contribution in [0.4, 0.5) is 0 Å². The summed E-state index contributed by atoms with van der Waals surface area (Å²) in [6.07, 6.45) is 3.08. The number of carboxylic acid groups (broad SMARTS) is 2. The van der Waals surface area contributed by atoms with Crippen LogP contribution in [0.15, 0.2) is 47.8 Å². The number of carbonyl (C=O) groups is 9. The Kier molecular flexibility index (Phi) is 26.3. The molecule has 1 aromatic heterocycles. The van der Waals surface area contributed by atoms with E-state index in [0.29, 0.717) is 25.1 Å². The Morgan fingerprint density at radius 2 is 1.20 bits per heavy atom. The van der Waals surface area contributed by atoms with E-state index in [9.17, 15) is 53.4 Å². The van der Waals surface area contributed by atoms with E-state index in [4.69, 9.17) is 22.9 Å². The van der Waals surface area contributed by atoms with Gasteiger partial charge in [0.1, 0.15) is 42.3 Å². The van der Waals surface area contributed by atoms with Crippen molar-refractivity contribution in [2.24, 2.45) is 39.8 Å². The standard InChI is InChI=1S/C46H74N14O11/c1-25(2)20-35(45(70)71)59-42(67)31(14-9-10-18-47)57-44(69)37(26(3)4)60-43(68)34(22-29-23-51-24-53-29)58-41(66)32(15-11-19-52-46(49)50)55-38(63)27(5)54-40(65)33(16-17-36(61)62)56-39(64)30(48)21-28-12-7-6-8-13-28/h6-8,12-13,23-27,30-35,37H,9-11,14-22,47-48H2,1-5H3,(H,51,53)(H,54,65)(H,55,63)(H,56,64)(H,57,69)(H,58,66)(H,59,67)(H,60,68)(H,61,62)(H,70,71)(H4,49,50,52)/t27-,30-,31-,32-,33-,34-,35-,37-/m0/s1. The average molecular weight is 999 g/mol. The molecule has 25 nitrogen and oxygen atoms in total. The summed E-state index contributed by atoms with van der Waals surface area (Å²) in [5, 5.41) is 37.1. The van der Waals surface area contributed by atoms with E-state index in [2.05, 4.69) is 52.2 Å². The lowest BCUT2D eigenvalue weighted by Crippen LogP contribution is -2.61. The molecule has 8 atom stereocenters. The number of carboxylic acids is 2. The van der Waals surface area contributed by atoms with E-state index in [0.717, 1.165) is 5.56 Å². The number of nitrogens with zero attached hydrogens (tertiary/aromatic N) is 2. The first-order chi connectivity index (χ1) is 33.5. The zero-order chi connectivity index (χ0) is 53.2. The van der Waals surface area contributed by atoms with Crippen molar-refractivity contribution in [2.45, 2.75) is 147 Å². The van der Waals surface area contributed by atoms with Crippen molar-refractivity contribution in [3.63, 3.8) is 0 Å². The number of imidazole rings is 1. The fraction of sp³-hybridized carbons (Fsp3) is 0.587. The molecular weight excluding hydrogens is 925 g/mol. The highest BCUT2D eigenvalue weighted by Gasteiger charge is 2.35. The van der Waals surface area contributed by atoms with Gasteiger partial charge in [-0.2, -0.15) is 0 Å². The summed E-state index contributed by atoms with van der Waals surface area (Å²) in [4.78, 5) is 130. The number of unbranched alkanes of at least 4 members (excludes halogenated alkanes) is 1. The minimum atomic E-state index is -1.41. The number of aliphatic imine (C=N–C) groups is 1. The van der Waals surface area contributed by atoms with Gasteiger partial charge >= 0.3 is 11.9 Å². The fourth-order valence-electron chi connectivity index (χ4n) is 7.10. The van der Waals surface area contributed by atoms with Crippen molar-refractivity contribution in [1.82, 2.24) is 47.2 Å². The maximum Gasteiger partial charge on any atom is 0.326 e. The van der Waals surface area contributed by atoms with Gasteiger partial charge in [0, 0.05) is 31.3 Å². The van der Waals surface area contributed by atoms with E-state index < -0.39 is 114 Å². The number of rotatable bonds is 33. The molecule has 2 rings (SSSR count). The summed E-state index contributed by atoms with van der Waals surface area (Å²) in [5.41, 5.74) is 23.9. The molecule has 71 heavy (non-hydrogen) atoms. The van der Waals surface area contributed by atoms with Crippen LogP contribution in [0, 0.1) is 11.8 Å². The van der Waals surface area contributed by atoms with Gasteiger partial charge < -0.3 is 75.3 Å². The molecule has 0 spiro atoms. The van der Waals surface area contributed by atoms with Crippen molar-refractivity contribution < 1.29 is 53.4 Å². The molecule has 1 heterocycles. The number of aromatic amines is 1. The van der Waals surface area contributed by atoms with Crippen LogP contribution in [0.3, 0.4) is 0 Å². The molecular formula is C46H74N14O11. The molecule has 2 aromatic rings. The van der Waals surface area contributed by atoms with Crippen molar-refractivity contribution in [3.8, 4) is 0 Å². The predicted molar refractivity (Wildman–Crippen MR) is 261 cm³/mol. The van der Waals surface area contributed by atoms with Crippen LogP contribution in [0.2, 0.25) is 0 Å². The number of nitrogens with two attached hydrogens (primary N) is 4. The molecule has 0 unspecified atom stereocenters. The summed E-state index contributed by atoms with van der Waals surface area (Å²) in [6, 6.07) is -1.50. The second-order valence-electron chi connectivity index (χ2n) is 18.0. The smallest absolute Gasteiger partial charge is 0.326 e. The summed E-state index contributed by atoms with van der Waals surface area (Å²) in [5.74, 6) is -9.06. The highest BCUT2D eigenvalue weighted by Crippen LogP contribution is 2.12. The van der Waals surface area contributed by atoms with E-state index in [1.165, 1.54) is 19.4 Å². The molecule has 0 radical (unpaired) electrons. The first-order valence-electron chi connectivity index (χ1n) is 23.6. The normalized spacial score (nSPS) is 14.5. The zero-order valence-corrected chi connectivity index (χ0v) is 41.1. The van der Waals surface area contributed by atoms with E-state index in [1.807, 2.05) is 0 Å². The predicted octanol–water partition coefficient (Wildman–Crippen LogP) is -2.23. The Hall–Kier alpha value is -7.15. The summed E-state index contributed by atoms with van der Waals surface area (Å²) < 4.78 is 0. The Bertz CT molecular complexity index is 2080. The van der Waals surface area contributed by atoms with Crippen molar-refractivity contribution in [1.29, 1.82) is 0 Å². The fourth-order valence-corrected chi connectivity index (χ4v) is 7.10. The van der Waals surface area contributed by atoms with Crippen LogP contribution >= 0.6 is 0 Å². The Morgan fingerprint density at radius 3 is 1.75 bits per heavy atom. The molecule has 7 amide bonds. The molecule has 0 bridgehead atoms. The van der Waals surface area contributed by atoms with Gasteiger partial charge in [0.2, 0.25) is 41.4 Å². The van der Waals surface area contributed by atoms with Crippen LogP contribution in [0.25, 0.3) is 0 Å². The number of aliphatic carboxylic acids is 2. The van der Waals surface area contributed by atoms with Crippen molar-refractivity contribution in [2.75, 3.05) is 13.1 Å². The van der Waals surface area contributed by atoms with Crippen molar-refractivity contribution >= 4 is 59.2 Å². The molecule has 0 saturated carbocycles. The van der Waals surface area contributed by atoms with Crippen LogP contribution in [0.1, 0.15) is 97.2 Å². The summed E-state index contributed by atoms with van der Waals surface area (Å²) >= 11 is 0. The number of aromatic nitrogens is 2. The van der Waals surface area contributed by atoms with E-state index >= 15 is 0 Å². The largest absolute Gasteiger partial charge is 0.481 e. The topological polar surface area (TPSA) is 423 Å². The number of guanidine groups is 1. The molecule has 0 fully saturated rings. The zero-order valence-electron chi connectivity index (χ0n) is 41.1. The Balaban J connectivity index is 2.35. The monoisotopic (exact) mass is 999 g/mol. The third kappa shape index (κ3) is 22.9. The van der Waals surface area contributed by atoms with Crippen LogP contribution in [-0.4, -0.2) is 141 Å². The van der Waals surface area contributed by atoms with Gasteiger partial charge in [-0.05, 0) is 82.2 Å². The van der Waals surface area contributed by atoms with Crippen LogP contribution in [0.5, 0.6) is 0 Å². The van der Waals surface area contributed by atoms with Gasteiger partial charge in [-0.15, -0.1) is 0 Å². The Labute approximate surface area is 413 Å². The summed E-state index contributed by atoms with van der Waals surface area (Å²) in [7, 11) is 0. The minimum Gasteiger partial charge on any atom is -0.481 e. The lowest BCUT2D eigenvalue weighted by molar-refractivity contribution is -0.143. The molecule has 1 aromatic carbocycles. The molecule has 0 saturated heterocycles. The number of hydrogen-bond acceptors (Lipinski definition) is 13. The molecule has 25 heteroatoms. The van der Waals surface area contributed by atoms with Gasteiger partial charge in [-0.25, -0.2) is 9.78 Å². The SMILES string of the molecule is CC(C)C[C@H](NC(=O)[C@H](CCCCN)NC(=O)[C@@H](NC(=O)[C@H](Cc1cnc[nH]1)NC(=O)[C@H](CCCN=C(N)N)NC(=O)[C@H](C)NC(=O)[C@H](CCC(=O)O)NC(=O)[C@@H](N)Cc1ccccc1)C(C)C)C(=O)O. The van der Waals surface area contributed by atoms with Gasteiger partial charge in [-0.3, -0.25) is 43.3 Å². The molecule has 0 aliphatic carbocycles. The number of benzene rings is 1. The van der Waals surface area contributed by atoms with Gasteiger partial charge in [0.15, 0.2) is 5.96 Å². The second-order valence-corrected chi connectivity index (χ2v) is 18.0. The van der Waals surface area contributed by atoms with Gasteiger partial charge in [-0.1, -0.05) is 58.0 Å². The lowest BCUT2D eigenvalue weighted by atomic mass is 10.00. The number of amides is 7. The van der Waals surface area contributed by atoms with Crippen LogP contribution < -0.4 is 60.2 Å². The highest BCUT2D eigenvalue weighted by molar-refractivity contribution is 5.97. The maximum atomic E-state index is 14.2. The molecule has 0 aliphatic rings. The lowest BCUT2D eigenvalue weighted by Gasteiger charge is -2.29. The molecule has 394 valence electrons. The first-order valence-corrected chi connectivity index (χ1v) is 23.6. The van der Waals surface area contributed by atoms with Gasteiger partial charge in [0.05, 0.1) is 12.4 Å². The quantitative estimate of drug-likeness (QED) is 0.0204. The number of nitrogens with one attached hydrogen (secondary N) is 8. The van der Waals surface area contributed by atoms with Crippen LogP contribution in [-0.2, 0) is 56.0 Å². The molecule has 18 N–H and O–H groups in total. The van der Waals surface area contributed by atoms with Gasteiger partial charge in [0.25, 0.3) is 0 Å². The minimum absolute atomic E-state index is 0.0365. The third-order valence-corrected chi connectivity index (χ3v) is 11.0. The molecule has 0 aliphatic heterocycles. The average Bonchev–Trinajstić information content (AvgIpc) is 3.82. The summed E-state index contributed by atoms with van der Waals surface area (Å²) in [6.45, 7) is 8.53. The number of carbonyl (C=O) groups excluding carboxylic acids is 7. The van der Waals surface area contributed by atoms with Crippen molar-refractivity contribution in [3.05, 3.63) is 54.1 Å². The van der Waals surface area contributed by atoms with E-state index in [1.54, 1.807) is 58.0 Å². The first kappa shape index (κ1) is 60.0. The maximum absolute atomic E-state index is 14.2. The van der Waals surface area contributed by atoms with E-state index in [-0.39, 0.29) is 63.4 Å².